The average Bonchev–Trinajstić information content (AvgIpc) is 2.76. The zero-order chi connectivity index (χ0) is 23.3. The first-order valence-electron chi connectivity index (χ1n) is 11.9. The molecular weight excluding hydrogens is 408 g/mol. The van der Waals surface area contributed by atoms with Gasteiger partial charge in [0.15, 0.2) is 11.6 Å². The van der Waals surface area contributed by atoms with Gasteiger partial charge in [-0.3, -0.25) is 4.79 Å². The molecule has 9 heteroatoms. The number of nitrogens with zero attached hydrogens (tertiary/aromatic N) is 5. The Labute approximate surface area is 191 Å². The van der Waals surface area contributed by atoms with Crippen LogP contribution in [0.4, 0.5) is 22.1 Å². The van der Waals surface area contributed by atoms with Crippen molar-refractivity contribution >= 4 is 29.3 Å². The van der Waals surface area contributed by atoms with Gasteiger partial charge in [0.05, 0.1) is 0 Å². The predicted octanol–water partition coefficient (Wildman–Crippen LogP) is 3.65. The average molecular weight is 447 g/mol. The Morgan fingerprint density at radius 1 is 1.12 bits per heavy atom. The maximum Gasteiger partial charge on any atom is 0.410 e. The SMILES string of the molecule is CCCC[C@@H]1Nc2ncnc(N3CCN(C(=O)OC(C)(C)C)CC3)c2N(CCCC)C1=O. The molecule has 3 heterocycles. The second kappa shape index (κ2) is 10.4. The molecule has 1 aromatic rings. The number of carbonyl (C=O) groups is 2. The zero-order valence-corrected chi connectivity index (χ0v) is 20.2. The highest BCUT2D eigenvalue weighted by molar-refractivity contribution is 6.07. The summed E-state index contributed by atoms with van der Waals surface area (Å²) in [6, 6.07) is -0.244. The largest absolute Gasteiger partial charge is 0.444 e. The van der Waals surface area contributed by atoms with Crippen LogP contribution >= 0.6 is 0 Å². The van der Waals surface area contributed by atoms with Crippen LogP contribution < -0.4 is 15.1 Å². The van der Waals surface area contributed by atoms with Crippen LogP contribution in [0, 0.1) is 0 Å². The van der Waals surface area contributed by atoms with Gasteiger partial charge in [0.25, 0.3) is 0 Å². The fraction of sp³-hybridized carbons (Fsp3) is 0.739. The molecule has 1 saturated heterocycles. The fourth-order valence-electron chi connectivity index (χ4n) is 4.05. The molecule has 1 fully saturated rings. The molecule has 32 heavy (non-hydrogen) atoms. The Morgan fingerprint density at radius 2 is 1.81 bits per heavy atom. The minimum Gasteiger partial charge on any atom is -0.444 e. The van der Waals surface area contributed by atoms with Crippen LogP contribution in [0.5, 0.6) is 0 Å². The molecule has 0 aliphatic carbocycles. The third kappa shape index (κ3) is 5.61. The molecule has 9 nitrogen and oxygen atoms in total. The van der Waals surface area contributed by atoms with Crippen molar-refractivity contribution in [3.63, 3.8) is 0 Å². The minimum absolute atomic E-state index is 0.0999. The van der Waals surface area contributed by atoms with Gasteiger partial charge in [0, 0.05) is 32.7 Å². The van der Waals surface area contributed by atoms with Crippen LogP contribution in [0.15, 0.2) is 6.33 Å². The number of amides is 2. The fourth-order valence-corrected chi connectivity index (χ4v) is 4.05. The van der Waals surface area contributed by atoms with Crippen molar-refractivity contribution in [1.29, 1.82) is 0 Å². The van der Waals surface area contributed by atoms with Gasteiger partial charge in [-0.2, -0.15) is 0 Å². The number of aromatic nitrogens is 2. The monoisotopic (exact) mass is 446 g/mol. The van der Waals surface area contributed by atoms with E-state index in [-0.39, 0.29) is 18.0 Å². The van der Waals surface area contributed by atoms with Crippen molar-refractivity contribution in [2.45, 2.75) is 78.4 Å². The highest BCUT2D eigenvalue weighted by Crippen LogP contribution is 2.38. The molecule has 1 atom stereocenters. The van der Waals surface area contributed by atoms with E-state index in [0.29, 0.717) is 32.7 Å². The zero-order valence-electron chi connectivity index (χ0n) is 20.2. The Hall–Kier alpha value is -2.58. The number of hydrogen-bond donors (Lipinski definition) is 1. The van der Waals surface area contributed by atoms with E-state index < -0.39 is 5.60 Å². The van der Waals surface area contributed by atoms with Crippen LogP contribution in [0.1, 0.15) is 66.7 Å². The maximum atomic E-state index is 13.3. The standard InChI is InChI=1S/C23H38N6O3/c1-6-8-10-17-21(30)29(11-9-7-2)18-19(26-17)24-16-25-20(18)27-12-14-28(15-13-27)22(31)32-23(3,4)5/h16-17H,6-15H2,1-5H3,(H,24,25,26)/t17-/m0/s1. The van der Waals surface area contributed by atoms with E-state index in [9.17, 15) is 9.59 Å². The summed E-state index contributed by atoms with van der Waals surface area (Å²) in [7, 11) is 0. The molecule has 178 valence electrons. The summed E-state index contributed by atoms with van der Waals surface area (Å²) in [6.07, 6.45) is 6.03. The maximum absolute atomic E-state index is 13.3. The first-order valence-corrected chi connectivity index (χ1v) is 11.9. The summed E-state index contributed by atoms with van der Waals surface area (Å²) in [5.41, 5.74) is 0.254. The van der Waals surface area contributed by atoms with E-state index in [1.807, 2.05) is 25.7 Å². The van der Waals surface area contributed by atoms with Crippen molar-refractivity contribution in [3.8, 4) is 0 Å². The lowest BCUT2D eigenvalue weighted by Gasteiger charge is -2.40. The molecule has 0 spiro atoms. The summed E-state index contributed by atoms with van der Waals surface area (Å²) >= 11 is 0. The highest BCUT2D eigenvalue weighted by atomic mass is 16.6. The Balaban J connectivity index is 1.80. The van der Waals surface area contributed by atoms with Gasteiger partial charge in [-0.15, -0.1) is 0 Å². The topological polar surface area (TPSA) is 90.9 Å². The van der Waals surface area contributed by atoms with Crippen LogP contribution in [0.3, 0.4) is 0 Å². The van der Waals surface area contributed by atoms with Gasteiger partial charge in [-0.1, -0.05) is 33.1 Å². The lowest BCUT2D eigenvalue weighted by Crippen LogP contribution is -2.52. The normalized spacial score (nSPS) is 19.0. The van der Waals surface area contributed by atoms with Gasteiger partial charge >= 0.3 is 6.09 Å². The number of unbranched alkanes of at least 4 members (excludes halogenated alkanes) is 2. The molecular formula is C23H38N6O3. The van der Waals surface area contributed by atoms with Crippen LogP contribution in [-0.4, -0.2) is 71.2 Å². The predicted molar refractivity (Wildman–Crippen MR) is 126 cm³/mol. The second-order valence-electron chi connectivity index (χ2n) is 9.53. The summed E-state index contributed by atoms with van der Waals surface area (Å²) < 4.78 is 5.51. The van der Waals surface area contributed by atoms with Crippen LogP contribution in [0.2, 0.25) is 0 Å². The number of ether oxygens (including phenoxy) is 1. The number of piperazine rings is 1. The van der Waals surface area contributed by atoms with E-state index in [1.165, 1.54) is 0 Å². The van der Waals surface area contributed by atoms with Gasteiger partial charge in [-0.05, 0) is 33.6 Å². The highest BCUT2D eigenvalue weighted by Gasteiger charge is 2.37. The third-order valence-corrected chi connectivity index (χ3v) is 5.76. The molecule has 0 radical (unpaired) electrons. The number of fused-ring (bicyclic) bond motifs is 1. The molecule has 3 rings (SSSR count). The van der Waals surface area contributed by atoms with Crippen molar-refractivity contribution < 1.29 is 14.3 Å². The lowest BCUT2D eigenvalue weighted by molar-refractivity contribution is -0.119. The van der Waals surface area contributed by atoms with Gasteiger partial charge in [-0.25, -0.2) is 14.8 Å². The Kier molecular flexibility index (Phi) is 7.79. The van der Waals surface area contributed by atoms with E-state index >= 15 is 0 Å². The molecule has 1 N–H and O–H groups in total. The number of anilines is 3. The second-order valence-corrected chi connectivity index (χ2v) is 9.53. The quantitative estimate of drug-likeness (QED) is 0.683. The number of carbonyl (C=O) groups excluding carboxylic acids is 2. The lowest BCUT2D eigenvalue weighted by atomic mass is 10.0. The van der Waals surface area contributed by atoms with Crippen molar-refractivity contribution in [2.75, 3.05) is 47.8 Å². The number of rotatable bonds is 7. The molecule has 0 aromatic carbocycles. The van der Waals surface area contributed by atoms with Crippen LogP contribution in [-0.2, 0) is 9.53 Å². The first kappa shape index (κ1) is 24.1. The van der Waals surface area contributed by atoms with Crippen molar-refractivity contribution in [1.82, 2.24) is 14.9 Å². The molecule has 0 saturated carbocycles. The smallest absolute Gasteiger partial charge is 0.410 e. The molecule has 0 unspecified atom stereocenters. The molecule has 1 aromatic heterocycles. The molecule has 0 bridgehead atoms. The van der Waals surface area contributed by atoms with Crippen molar-refractivity contribution in [2.24, 2.45) is 0 Å². The van der Waals surface area contributed by atoms with E-state index in [4.69, 9.17) is 4.74 Å². The third-order valence-electron chi connectivity index (χ3n) is 5.76. The Bertz CT molecular complexity index is 801. The molecule has 2 aliphatic rings. The molecule has 2 aliphatic heterocycles. The van der Waals surface area contributed by atoms with E-state index in [1.54, 1.807) is 11.2 Å². The first-order chi connectivity index (χ1) is 15.2. The molecule has 2 amide bonds. The number of nitrogens with one attached hydrogen (secondary N) is 1. The summed E-state index contributed by atoms with van der Waals surface area (Å²) in [4.78, 5) is 40.6. The summed E-state index contributed by atoms with van der Waals surface area (Å²) in [6.45, 7) is 12.9. The summed E-state index contributed by atoms with van der Waals surface area (Å²) in [5.74, 6) is 1.58. The summed E-state index contributed by atoms with van der Waals surface area (Å²) in [5, 5.41) is 3.37. The van der Waals surface area contributed by atoms with Gasteiger partial charge in [0.2, 0.25) is 5.91 Å². The van der Waals surface area contributed by atoms with Crippen molar-refractivity contribution in [3.05, 3.63) is 6.33 Å². The van der Waals surface area contributed by atoms with Gasteiger partial charge < -0.3 is 24.8 Å². The van der Waals surface area contributed by atoms with E-state index in [2.05, 4.69) is 34.0 Å². The van der Waals surface area contributed by atoms with Gasteiger partial charge in [0.1, 0.15) is 23.7 Å². The van der Waals surface area contributed by atoms with Crippen LogP contribution in [0.25, 0.3) is 0 Å². The Morgan fingerprint density at radius 3 is 2.44 bits per heavy atom. The van der Waals surface area contributed by atoms with E-state index in [0.717, 1.165) is 49.4 Å². The minimum atomic E-state index is -0.514. The number of hydrogen-bond acceptors (Lipinski definition) is 7.